The molecule has 4 nitrogen and oxygen atoms in total. The second-order valence-electron chi connectivity index (χ2n) is 8.53. The fourth-order valence-electron chi connectivity index (χ4n) is 5.15. The van der Waals surface area contributed by atoms with Crippen LogP contribution in [0.5, 0.6) is 11.5 Å². The van der Waals surface area contributed by atoms with Gasteiger partial charge in [-0.05, 0) is 47.6 Å². The molecule has 1 unspecified atom stereocenters. The topological polar surface area (TPSA) is 49.8 Å². The third-order valence-electron chi connectivity index (χ3n) is 7.23. The summed E-state index contributed by atoms with van der Waals surface area (Å²) < 4.78 is 5.42. The molecular formula is C23H27NO3. The number of nitrogens with zero attached hydrogens (tertiary/aromatic N) is 1. The number of ether oxygens (including phenoxy) is 1. The molecule has 4 heteroatoms. The largest absolute Gasteiger partial charge is 0.508 e. The molecule has 2 atom stereocenters. The quantitative estimate of drug-likeness (QED) is 0.869. The van der Waals surface area contributed by atoms with E-state index in [0.29, 0.717) is 30.0 Å². The van der Waals surface area contributed by atoms with Crippen molar-refractivity contribution >= 4 is 5.91 Å². The number of para-hydroxylation sites is 1. The molecule has 0 radical (unpaired) electrons. The van der Waals surface area contributed by atoms with Crippen LogP contribution in [0.3, 0.4) is 0 Å². The van der Waals surface area contributed by atoms with E-state index in [2.05, 4.69) is 26.8 Å². The van der Waals surface area contributed by atoms with E-state index in [4.69, 9.17) is 4.74 Å². The molecule has 1 aliphatic heterocycles. The van der Waals surface area contributed by atoms with Crippen molar-refractivity contribution in [1.82, 2.24) is 4.90 Å². The molecule has 2 aromatic carbocycles. The van der Waals surface area contributed by atoms with E-state index < -0.39 is 0 Å². The van der Waals surface area contributed by atoms with Gasteiger partial charge in [-0.2, -0.15) is 0 Å². The van der Waals surface area contributed by atoms with Gasteiger partial charge in [0.1, 0.15) is 11.5 Å². The van der Waals surface area contributed by atoms with Gasteiger partial charge in [-0.15, -0.1) is 0 Å². The van der Waals surface area contributed by atoms with Crippen LogP contribution < -0.4 is 4.74 Å². The fourth-order valence-corrected chi connectivity index (χ4v) is 5.15. The molecule has 1 saturated heterocycles. The van der Waals surface area contributed by atoms with Gasteiger partial charge in [0, 0.05) is 18.0 Å². The van der Waals surface area contributed by atoms with Crippen LogP contribution in [0.15, 0.2) is 42.5 Å². The van der Waals surface area contributed by atoms with Gasteiger partial charge in [-0.25, -0.2) is 0 Å². The lowest BCUT2D eigenvalue weighted by molar-refractivity contribution is -0.0267. The molecule has 0 saturated carbocycles. The zero-order valence-corrected chi connectivity index (χ0v) is 16.5. The number of phenolic OH excluding ortho intramolecular Hbond substituents is 1. The third-order valence-corrected chi connectivity index (χ3v) is 7.23. The summed E-state index contributed by atoms with van der Waals surface area (Å²) in [6.07, 6.45) is 1.54. The minimum atomic E-state index is -0.107. The fraction of sp³-hybridized carbons (Fsp3) is 0.435. The lowest BCUT2D eigenvalue weighted by Crippen LogP contribution is -2.64. The predicted molar refractivity (Wildman–Crippen MR) is 105 cm³/mol. The maximum Gasteiger partial charge on any atom is 0.257 e. The number of carbonyl (C=O) groups is 1. The molecule has 0 aromatic heterocycles. The summed E-state index contributed by atoms with van der Waals surface area (Å²) in [6.45, 7) is 7.50. The first-order valence-electron chi connectivity index (χ1n) is 9.56. The monoisotopic (exact) mass is 365 g/mol. The van der Waals surface area contributed by atoms with Crippen molar-refractivity contribution in [2.75, 3.05) is 13.7 Å². The first-order valence-corrected chi connectivity index (χ1v) is 9.56. The summed E-state index contributed by atoms with van der Waals surface area (Å²) in [6, 6.07) is 13.3. The summed E-state index contributed by atoms with van der Waals surface area (Å²) in [5.74, 6) is 0.949. The molecule has 2 bridgehead atoms. The highest BCUT2D eigenvalue weighted by molar-refractivity contribution is 5.97. The molecule has 27 heavy (non-hydrogen) atoms. The van der Waals surface area contributed by atoms with Gasteiger partial charge in [0.05, 0.1) is 12.7 Å². The van der Waals surface area contributed by atoms with Crippen LogP contribution in [-0.4, -0.2) is 35.6 Å². The van der Waals surface area contributed by atoms with E-state index >= 15 is 0 Å². The van der Waals surface area contributed by atoms with Crippen LogP contribution in [0.25, 0.3) is 0 Å². The zero-order valence-electron chi connectivity index (χ0n) is 16.5. The maximum atomic E-state index is 13.5. The minimum absolute atomic E-state index is 0.00597. The molecule has 4 rings (SSSR count). The van der Waals surface area contributed by atoms with Gasteiger partial charge in [0.15, 0.2) is 0 Å². The second kappa shape index (κ2) is 6.01. The molecular weight excluding hydrogens is 338 g/mol. The van der Waals surface area contributed by atoms with Crippen molar-refractivity contribution in [2.24, 2.45) is 5.41 Å². The van der Waals surface area contributed by atoms with Crippen molar-refractivity contribution < 1.29 is 14.6 Å². The Balaban J connectivity index is 1.80. The van der Waals surface area contributed by atoms with E-state index in [9.17, 15) is 9.90 Å². The lowest BCUT2D eigenvalue weighted by Gasteiger charge is -2.60. The SMILES string of the molecule is COc1ccccc1C(=O)N1CCC2(C)c3cccc(O)c3C[C@@H]1C2(C)C. The molecule has 1 amide bonds. The number of hydrogen-bond acceptors (Lipinski definition) is 3. The molecule has 2 aliphatic rings. The summed E-state index contributed by atoms with van der Waals surface area (Å²) in [5, 5.41) is 10.5. The smallest absolute Gasteiger partial charge is 0.257 e. The van der Waals surface area contributed by atoms with E-state index in [1.54, 1.807) is 13.2 Å². The Labute approximate surface area is 160 Å². The van der Waals surface area contributed by atoms with Crippen molar-refractivity contribution in [3.8, 4) is 11.5 Å². The highest BCUT2D eigenvalue weighted by Crippen LogP contribution is 2.57. The average molecular weight is 365 g/mol. The number of amides is 1. The van der Waals surface area contributed by atoms with Crippen LogP contribution >= 0.6 is 0 Å². The predicted octanol–water partition coefficient (Wildman–Crippen LogP) is 4.16. The van der Waals surface area contributed by atoms with Gasteiger partial charge in [-0.1, -0.05) is 45.0 Å². The van der Waals surface area contributed by atoms with Crippen LogP contribution in [-0.2, 0) is 11.8 Å². The van der Waals surface area contributed by atoms with Crippen LogP contribution in [0, 0.1) is 5.41 Å². The van der Waals surface area contributed by atoms with Gasteiger partial charge in [0.25, 0.3) is 5.91 Å². The summed E-state index contributed by atoms with van der Waals surface area (Å²) in [5.41, 5.74) is 2.63. The van der Waals surface area contributed by atoms with Crippen molar-refractivity contribution in [1.29, 1.82) is 0 Å². The number of phenols is 1. The Kier molecular flexibility index (Phi) is 3.99. The molecule has 2 aromatic rings. The van der Waals surface area contributed by atoms with E-state index in [1.165, 1.54) is 5.56 Å². The molecule has 142 valence electrons. The standard InChI is InChI=1S/C23H27NO3/c1-22(2)20-14-16-17(9-7-10-18(16)25)23(22,3)12-13-24(20)21(26)15-8-5-6-11-19(15)27-4/h5-11,20,25H,12-14H2,1-4H3/t20-,23?/m1/s1. The highest BCUT2D eigenvalue weighted by atomic mass is 16.5. The number of benzene rings is 2. The third kappa shape index (κ3) is 2.39. The van der Waals surface area contributed by atoms with Crippen molar-refractivity contribution in [3.05, 3.63) is 59.2 Å². The van der Waals surface area contributed by atoms with Crippen LogP contribution in [0.4, 0.5) is 0 Å². The Morgan fingerprint density at radius 3 is 2.63 bits per heavy atom. The van der Waals surface area contributed by atoms with Crippen molar-refractivity contribution in [2.45, 2.75) is 45.1 Å². The minimum Gasteiger partial charge on any atom is -0.508 e. The summed E-state index contributed by atoms with van der Waals surface area (Å²) >= 11 is 0. The number of likely N-dealkylation sites (tertiary alicyclic amines) is 1. The lowest BCUT2D eigenvalue weighted by atomic mass is 9.51. The number of fused-ring (bicyclic) bond motifs is 4. The van der Waals surface area contributed by atoms with Gasteiger partial charge in [-0.3, -0.25) is 4.79 Å². The normalized spacial score (nSPS) is 25.6. The number of aromatic hydroxyl groups is 1. The second-order valence-corrected chi connectivity index (χ2v) is 8.53. The number of piperidine rings is 1. The number of methoxy groups -OCH3 is 1. The van der Waals surface area contributed by atoms with Gasteiger partial charge >= 0.3 is 0 Å². The molecule has 1 aliphatic carbocycles. The number of hydrogen-bond donors (Lipinski definition) is 1. The van der Waals surface area contributed by atoms with Gasteiger partial charge in [0.2, 0.25) is 0 Å². The molecule has 1 fully saturated rings. The molecule has 0 spiro atoms. The summed E-state index contributed by atoms with van der Waals surface area (Å²) in [4.78, 5) is 15.4. The zero-order chi connectivity index (χ0) is 19.4. The first kappa shape index (κ1) is 17.9. The van der Waals surface area contributed by atoms with E-state index in [0.717, 1.165) is 12.0 Å². The Morgan fingerprint density at radius 1 is 1.15 bits per heavy atom. The number of rotatable bonds is 2. The van der Waals surface area contributed by atoms with Crippen molar-refractivity contribution in [3.63, 3.8) is 0 Å². The van der Waals surface area contributed by atoms with E-state index in [-0.39, 0.29) is 22.8 Å². The van der Waals surface area contributed by atoms with Crippen LogP contribution in [0.1, 0.15) is 48.7 Å². The Hall–Kier alpha value is -2.49. The van der Waals surface area contributed by atoms with Gasteiger partial charge < -0.3 is 14.7 Å². The first-order chi connectivity index (χ1) is 12.8. The van der Waals surface area contributed by atoms with E-state index in [1.807, 2.05) is 35.2 Å². The Bertz CT molecular complexity index is 904. The molecule has 1 heterocycles. The molecule has 1 N–H and O–H groups in total. The maximum absolute atomic E-state index is 13.5. The average Bonchev–Trinajstić information content (AvgIpc) is 2.65. The summed E-state index contributed by atoms with van der Waals surface area (Å²) in [7, 11) is 1.60. The Morgan fingerprint density at radius 2 is 1.89 bits per heavy atom. The van der Waals surface area contributed by atoms with Crippen LogP contribution in [0.2, 0.25) is 0 Å². The highest BCUT2D eigenvalue weighted by Gasteiger charge is 2.57. The number of carbonyl (C=O) groups excluding carboxylic acids is 1.